The van der Waals surface area contributed by atoms with Crippen molar-refractivity contribution in [2.45, 2.75) is 25.3 Å². The smallest absolute Gasteiger partial charge is 0.507 e. The Kier molecular flexibility index (Phi) is 12.5. The Morgan fingerprint density at radius 3 is 2.61 bits per heavy atom. The van der Waals surface area contributed by atoms with E-state index in [1.54, 1.807) is 17.8 Å². The number of hydrogen-bond acceptors (Lipinski definition) is 5. The molecular formula is C16H24CsFN2OS2. The molecule has 0 aliphatic carbocycles. The number of rotatable bonds is 2. The van der Waals surface area contributed by atoms with Crippen LogP contribution in [0.3, 0.4) is 0 Å². The zero-order valence-corrected chi connectivity index (χ0v) is 22.5. The van der Waals surface area contributed by atoms with Crippen LogP contribution in [0.15, 0.2) is 23.2 Å². The summed E-state index contributed by atoms with van der Waals surface area (Å²) in [7, 11) is 2.12. The molecule has 0 aromatic heterocycles. The van der Waals surface area contributed by atoms with Gasteiger partial charge in [0.25, 0.3) is 0 Å². The third-order valence-electron chi connectivity index (χ3n) is 3.36. The standard InChI is InChI=1S/C13H15FN2OS2.C2H6.CH3.Cs/c1-16-4-5-18-13(16)10-7-19-12(15-10)9-3-2-8(14)6-11(9)17;1-2;;/h2-3,6,10,13,17H,4-5,7H2,1H3;1-2H3;1H3;/q;;-1;+1. The summed E-state index contributed by atoms with van der Waals surface area (Å²) in [6.45, 7) is 5.10. The number of aliphatic imine (C=N–C) groups is 1. The second kappa shape index (κ2) is 11.9. The van der Waals surface area contributed by atoms with Gasteiger partial charge in [-0.1, -0.05) is 13.8 Å². The van der Waals surface area contributed by atoms with Crippen molar-refractivity contribution in [1.82, 2.24) is 4.90 Å². The van der Waals surface area contributed by atoms with Crippen molar-refractivity contribution in [2.24, 2.45) is 4.99 Å². The average molecular weight is 476 g/mol. The van der Waals surface area contributed by atoms with Gasteiger partial charge in [-0.25, -0.2) is 4.39 Å². The largest absolute Gasteiger partial charge is 1.00 e. The minimum Gasteiger partial charge on any atom is -0.507 e. The number of aromatic hydroxyl groups is 1. The van der Waals surface area contributed by atoms with Crippen LogP contribution in [0.1, 0.15) is 19.4 Å². The first-order chi connectivity index (χ1) is 10.1. The number of thioether (sulfide) groups is 2. The molecule has 1 fully saturated rings. The third-order valence-corrected chi connectivity index (χ3v) is 5.90. The molecule has 2 unspecified atom stereocenters. The van der Waals surface area contributed by atoms with Crippen LogP contribution >= 0.6 is 23.5 Å². The van der Waals surface area contributed by atoms with Gasteiger partial charge in [0.1, 0.15) is 16.6 Å². The minimum atomic E-state index is -0.424. The average Bonchev–Trinajstić information content (AvgIpc) is 3.09. The van der Waals surface area contributed by atoms with Gasteiger partial charge in [-0.15, -0.1) is 23.5 Å². The van der Waals surface area contributed by atoms with Gasteiger partial charge in [0.2, 0.25) is 0 Å². The molecule has 1 aromatic carbocycles. The van der Waals surface area contributed by atoms with E-state index >= 15 is 0 Å². The molecule has 3 rings (SSSR count). The number of phenols is 1. The first-order valence-electron chi connectivity index (χ1n) is 7.16. The van der Waals surface area contributed by atoms with E-state index in [0.717, 1.165) is 29.2 Å². The fraction of sp³-hybridized carbons (Fsp3) is 0.500. The number of hydrogen-bond donors (Lipinski definition) is 1. The first kappa shape index (κ1) is 24.3. The molecule has 2 aliphatic rings. The van der Waals surface area contributed by atoms with Crippen LogP contribution < -0.4 is 68.9 Å². The van der Waals surface area contributed by atoms with Crippen molar-refractivity contribution in [1.29, 1.82) is 0 Å². The second-order valence-corrected chi connectivity index (χ2v) is 6.95. The van der Waals surface area contributed by atoms with E-state index in [1.807, 2.05) is 25.6 Å². The van der Waals surface area contributed by atoms with E-state index in [1.165, 1.54) is 6.07 Å². The normalized spacial score (nSPS) is 23.2. The van der Waals surface area contributed by atoms with Crippen LogP contribution in [0, 0.1) is 13.2 Å². The number of halogens is 1. The van der Waals surface area contributed by atoms with Crippen molar-refractivity contribution in [3.63, 3.8) is 0 Å². The molecule has 0 radical (unpaired) electrons. The summed E-state index contributed by atoms with van der Waals surface area (Å²) < 4.78 is 13.0. The Labute approximate surface area is 206 Å². The summed E-state index contributed by atoms with van der Waals surface area (Å²) in [5.74, 6) is 1.62. The van der Waals surface area contributed by atoms with Gasteiger partial charge in [-0.2, -0.15) is 0 Å². The Morgan fingerprint density at radius 2 is 2.04 bits per heavy atom. The summed E-state index contributed by atoms with van der Waals surface area (Å²) in [5, 5.41) is 11.1. The maximum Gasteiger partial charge on any atom is 1.00 e. The molecule has 2 heterocycles. The SMILES string of the molecule is CC.CN1CCSC1C1CSC(c2ccc(F)cc2O)=N1.[CH3-].[Cs+]. The summed E-state index contributed by atoms with van der Waals surface area (Å²) in [5.41, 5.74) is 0.638. The van der Waals surface area contributed by atoms with Crippen LogP contribution in [0.5, 0.6) is 5.75 Å². The molecule has 124 valence electrons. The van der Waals surface area contributed by atoms with Gasteiger partial charge in [-0.3, -0.25) is 9.89 Å². The molecule has 1 saturated heterocycles. The number of phenolic OH excluding ortho intramolecular Hbond substituents is 1. The monoisotopic (exact) mass is 476 g/mol. The summed E-state index contributed by atoms with van der Waals surface area (Å²) in [6.07, 6.45) is 0. The third kappa shape index (κ3) is 6.21. The molecule has 1 N–H and O–H groups in total. The quantitative estimate of drug-likeness (QED) is 0.644. The summed E-state index contributed by atoms with van der Waals surface area (Å²) in [6, 6.07) is 4.36. The zero-order chi connectivity index (χ0) is 15.4. The second-order valence-electron chi connectivity index (χ2n) is 4.72. The number of nitrogens with zero attached hydrogens (tertiary/aromatic N) is 2. The van der Waals surface area contributed by atoms with E-state index in [2.05, 4.69) is 11.9 Å². The molecule has 23 heavy (non-hydrogen) atoms. The predicted octanol–water partition coefficient (Wildman–Crippen LogP) is 0.878. The number of likely N-dealkylation sites (N-methyl/N-ethyl adjacent to an activating group) is 1. The minimum absolute atomic E-state index is 0. The fourth-order valence-electron chi connectivity index (χ4n) is 2.35. The van der Waals surface area contributed by atoms with Crippen molar-refractivity contribution in [2.75, 3.05) is 25.1 Å². The summed E-state index contributed by atoms with van der Waals surface area (Å²) >= 11 is 3.57. The van der Waals surface area contributed by atoms with E-state index in [-0.39, 0.29) is 88.1 Å². The van der Waals surface area contributed by atoms with Gasteiger partial charge in [0, 0.05) is 29.7 Å². The van der Waals surface area contributed by atoms with E-state index in [4.69, 9.17) is 4.99 Å². The van der Waals surface area contributed by atoms with Gasteiger partial charge < -0.3 is 12.5 Å². The van der Waals surface area contributed by atoms with E-state index in [0.29, 0.717) is 10.9 Å². The van der Waals surface area contributed by atoms with Crippen LogP contribution in [-0.2, 0) is 0 Å². The Morgan fingerprint density at radius 1 is 1.35 bits per heavy atom. The van der Waals surface area contributed by atoms with E-state index in [9.17, 15) is 9.50 Å². The maximum atomic E-state index is 13.0. The topological polar surface area (TPSA) is 35.8 Å². The van der Waals surface area contributed by atoms with Gasteiger partial charge in [-0.05, 0) is 19.2 Å². The Bertz CT molecular complexity index is 531. The molecule has 2 aliphatic heterocycles. The van der Waals surface area contributed by atoms with Gasteiger partial charge >= 0.3 is 68.9 Å². The maximum absolute atomic E-state index is 13.0. The van der Waals surface area contributed by atoms with Crippen LogP contribution in [0.4, 0.5) is 4.39 Å². The molecular weight excluding hydrogens is 452 g/mol. The van der Waals surface area contributed by atoms with Crippen molar-refractivity contribution >= 4 is 28.6 Å². The number of benzene rings is 1. The zero-order valence-electron chi connectivity index (χ0n) is 14.5. The van der Waals surface area contributed by atoms with Gasteiger partial charge in [0.15, 0.2) is 0 Å². The van der Waals surface area contributed by atoms with Crippen molar-refractivity contribution in [3.05, 3.63) is 37.0 Å². The van der Waals surface area contributed by atoms with Gasteiger partial charge in [0.05, 0.1) is 11.4 Å². The van der Waals surface area contributed by atoms with E-state index < -0.39 is 5.82 Å². The first-order valence-corrected chi connectivity index (χ1v) is 9.20. The molecule has 1 aromatic rings. The van der Waals surface area contributed by atoms with Crippen molar-refractivity contribution in [3.8, 4) is 5.75 Å². The summed E-state index contributed by atoms with van der Waals surface area (Å²) in [4.78, 5) is 7.04. The molecule has 0 spiro atoms. The fourth-order valence-corrected chi connectivity index (χ4v) is 4.96. The predicted molar refractivity (Wildman–Crippen MR) is 97.5 cm³/mol. The molecule has 7 heteroatoms. The molecule has 0 amide bonds. The Hall–Kier alpha value is 1.33. The van der Waals surface area contributed by atoms with Crippen LogP contribution in [-0.4, -0.2) is 51.6 Å². The molecule has 0 bridgehead atoms. The Balaban J connectivity index is 0.00000117. The van der Waals surface area contributed by atoms with Crippen LogP contribution in [0.2, 0.25) is 0 Å². The molecule has 0 saturated carbocycles. The molecule has 2 atom stereocenters. The van der Waals surface area contributed by atoms with Crippen molar-refractivity contribution < 1.29 is 78.4 Å². The van der Waals surface area contributed by atoms with Crippen LogP contribution in [0.25, 0.3) is 0 Å². The molecule has 3 nitrogen and oxygen atoms in total.